The zero-order chi connectivity index (χ0) is 12.8. The van der Waals surface area contributed by atoms with Crippen LogP contribution in [-0.4, -0.2) is 22.8 Å². The van der Waals surface area contributed by atoms with Gasteiger partial charge in [-0.2, -0.15) is 0 Å². The molecule has 2 aliphatic rings. The van der Waals surface area contributed by atoms with Gasteiger partial charge >= 0.3 is 0 Å². The number of aryl methyl sites for hydroxylation is 2. The Labute approximate surface area is 109 Å². The molecule has 2 bridgehead atoms. The van der Waals surface area contributed by atoms with Gasteiger partial charge in [-0.25, -0.2) is 0 Å². The van der Waals surface area contributed by atoms with Crippen molar-refractivity contribution in [3.05, 3.63) is 34.9 Å². The Kier molecular flexibility index (Phi) is 2.95. The van der Waals surface area contributed by atoms with Crippen molar-refractivity contribution in [3.63, 3.8) is 0 Å². The normalized spacial score (nSPS) is 34.8. The van der Waals surface area contributed by atoms with E-state index in [1.807, 2.05) is 0 Å². The van der Waals surface area contributed by atoms with Gasteiger partial charge in [0.1, 0.15) is 0 Å². The summed E-state index contributed by atoms with van der Waals surface area (Å²) in [5.41, 5.74) is 3.39. The number of benzene rings is 1. The lowest BCUT2D eigenvalue weighted by molar-refractivity contribution is -0.00609. The highest BCUT2D eigenvalue weighted by Crippen LogP contribution is 2.36. The number of rotatable bonds is 2. The molecule has 3 rings (SSSR count). The summed E-state index contributed by atoms with van der Waals surface area (Å²) in [7, 11) is 0. The lowest BCUT2D eigenvalue weighted by atomic mass is 9.82. The maximum atomic E-state index is 10.8. The van der Waals surface area contributed by atoms with Crippen molar-refractivity contribution < 1.29 is 5.11 Å². The zero-order valence-corrected chi connectivity index (χ0v) is 11.4. The first-order valence-corrected chi connectivity index (χ1v) is 7.08. The Morgan fingerprint density at radius 2 is 1.67 bits per heavy atom. The van der Waals surface area contributed by atoms with E-state index in [1.54, 1.807) is 0 Å². The number of hydrogen-bond acceptors (Lipinski definition) is 2. The molecule has 2 unspecified atom stereocenters. The van der Waals surface area contributed by atoms with E-state index in [0.29, 0.717) is 12.1 Å². The number of nitrogens with one attached hydrogen (secondary N) is 1. The third-order valence-corrected chi connectivity index (χ3v) is 4.40. The number of aliphatic hydroxyl groups is 1. The topological polar surface area (TPSA) is 32.3 Å². The van der Waals surface area contributed by atoms with Crippen molar-refractivity contribution in [1.82, 2.24) is 5.32 Å². The first-order valence-electron chi connectivity index (χ1n) is 7.08. The molecule has 2 fully saturated rings. The van der Waals surface area contributed by atoms with Crippen LogP contribution in [0.5, 0.6) is 0 Å². The zero-order valence-electron chi connectivity index (χ0n) is 11.4. The molecule has 2 saturated heterocycles. The molecule has 18 heavy (non-hydrogen) atoms. The highest BCUT2D eigenvalue weighted by atomic mass is 16.3. The van der Waals surface area contributed by atoms with E-state index in [2.05, 4.69) is 37.4 Å². The second-order valence-electron chi connectivity index (χ2n) is 6.44. The molecule has 0 aliphatic carbocycles. The SMILES string of the molecule is Cc1cc(C)cc(CC2(O)CC3CCC(C2)N3)c1. The molecule has 2 heteroatoms. The Morgan fingerprint density at radius 1 is 1.11 bits per heavy atom. The molecule has 2 heterocycles. The average molecular weight is 245 g/mol. The quantitative estimate of drug-likeness (QED) is 0.839. The van der Waals surface area contributed by atoms with Gasteiger partial charge in [0, 0.05) is 18.5 Å². The molecule has 0 amide bonds. The van der Waals surface area contributed by atoms with Crippen LogP contribution in [0.3, 0.4) is 0 Å². The Balaban J connectivity index is 1.79. The third-order valence-electron chi connectivity index (χ3n) is 4.40. The first kappa shape index (κ1) is 12.2. The fourth-order valence-corrected chi connectivity index (χ4v) is 3.92. The lowest BCUT2D eigenvalue weighted by Crippen LogP contribution is -2.49. The molecule has 0 radical (unpaired) electrons. The van der Waals surface area contributed by atoms with Crippen LogP contribution in [0.15, 0.2) is 18.2 Å². The standard InChI is InChI=1S/C16H23NO/c1-11-5-12(2)7-13(6-11)8-16(18)9-14-3-4-15(10-16)17-14/h5-7,14-15,17-18H,3-4,8-10H2,1-2H3. The summed E-state index contributed by atoms with van der Waals surface area (Å²) in [5.74, 6) is 0. The van der Waals surface area contributed by atoms with Gasteiger partial charge in [0.05, 0.1) is 5.60 Å². The number of fused-ring (bicyclic) bond motifs is 2. The minimum absolute atomic E-state index is 0.489. The van der Waals surface area contributed by atoms with Crippen molar-refractivity contribution in [2.24, 2.45) is 0 Å². The van der Waals surface area contributed by atoms with Crippen LogP contribution >= 0.6 is 0 Å². The summed E-state index contributed by atoms with van der Waals surface area (Å²) < 4.78 is 0. The Hall–Kier alpha value is -0.860. The van der Waals surface area contributed by atoms with Gasteiger partial charge in [0.25, 0.3) is 0 Å². The van der Waals surface area contributed by atoms with Crippen LogP contribution in [0.2, 0.25) is 0 Å². The highest BCUT2D eigenvalue weighted by molar-refractivity contribution is 5.30. The minimum Gasteiger partial charge on any atom is -0.389 e. The van der Waals surface area contributed by atoms with Crippen LogP contribution in [0.25, 0.3) is 0 Å². The molecule has 2 aliphatic heterocycles. The predicted molar refractivity (Wildman–Crippen MR) is 73.7 cm³/mol. The molecule has 1 aromatic carbocycles. The largest absolute Gasteiger partial charge is 0.389 e. The van der Waals surface area contributed by atoms with Crippen molar-refractivity contribution in [3.8, 4) is 0 Å². The van der Waals surface area contributed by atoms with Gasteiger partial charge in [-0.1, -0.05) is 29.3 Å². The van der Waals surface area contributed by atoms with Gasteiger partial charge in [-0.15, -0.1) is 0 Å². The van der Waals surface area contributed by atoms with Crippen molar-refractivity contribution in [2.45, 2.75) is 63.6 Å². The summed E-state index contributed by atoms with van der Waals surface area (Å²) in [4.78, 5) is 0. The smallest absolute Gasteiger partial charge is 0.0717 e. The summed E-state index contributed by atoms with van der Waals surface area (Å²) >= 11 is 0. The molecular formula is C16H23NO. The molecule has 1 aromatic rings. The van der Waals surface area contributed by atoms with E-state index in [4.69, 9.17) is 0 Å². The van der Waals surface area contributed by atoms with Crippen molar-refractivity contribution in [1.29, 1.82) is 0 Å². The fourth-order valence-electron chi connectivity index (χ4n) is 3.92. The van der Waals surface area contributed by atoms with Crippen molar-refractivity contribution >= 4 is 0 Å². The number of piperidine rings is 1. The molecule has 0 saturated carbocycles. The van der Waals surface area contributed by atoms with Gasteiger partial charge < -0.3 is 10.4 Å². The number of hydrogen-bond donors (Lipinski definition) is 2. The molecule has 2 N–H and O–H groups in total. The van der Waals surface area contributed by atoms with E-state index in [1.165, 1.54) is 29.5 Å². The maximum absolute atomic E-state index is 10.8. The van der Waals surface area contributed by atoms with E-state index in [9.17, 15) is 5.11 Å². The minimum atomic E-state index is -0.489. The third kappa shape index (κ3) is 2.45. The van der Waals surface area contributed by atoms with E-state index < -0.39 is 5.60 Å². The average Bonchev–Trinajstić information content (AvgIpc) is 2.56. The second kappa shape index (κ2) is 4.36. The summed E-state index contributed by atoms with van der Waals surface area (Å²) in [6, 6.07) is 7.71. The summed E-state index contributed by atoms with van der Waals surface area (Å²) in [5, 5.41) is 14.4. The van der Waals surface area contributed by atoms with E-state index >= 15 is 0 Å². The van der Waals surface area contributed by atoms with Gasteiger partial charge in [0.15, 0.2) is 0 Å². The Morgan fingerprint density at radius 3 is 2.22 bits per heavy atom. The van der Waals surface area contributed by atoms with Gasteiger partial charge in [-0.3, -0.25) is 0 Å². The molecule has 2 nitrogen and oxygen atoms in total. The van der Waals surface area contributed by atoms with Crippen LogP contribution < -0.4 is 5.32 Å². The van der Waals surface area contributed by atoms with Crippen LogP contribution in [0, 0.1) is 13.8 Å². The second-order valence-corrected chi connectivity index (χ2v) is 6.44. The first-order chi connectivity index (χ1) is 8.52. The predicted octanol–water partition coefficient (Wildman–Crippen LogP) is 2.49. The van der Waals surface area contributed by atoms with Crippen LogP contribution in [-0.2, 0) is 6.42 Å². The van der Waals surface area contributed by atoms with E-state index in [0.717, 1.165) is 19.3 Å². The summed E-state index contributed by atoms with van der Waals surface area (Å²) in [6.45, 7) is 4.26. The lowest BCUT2D eigenvalue weighted by Gasteiger charge is -2.37. The van der Waals surface area contributed by atoms with Gasteiger partial charge in [-0.05, 0) is 45.1 Å². The maximum Gasteiger partial charge on any atom is 0.0717 e. The van der Waals surface area contributed by atoms with Crippen LogP contribution in [0.4, 0.5) is 0 Å². The van der Waals surface area contributed by atoms with Crippen molar-refractivity contribution in [2.75, 3.05) is 0 Å². The molecular weight excluding hydrogens is 222 g/mol. The molecule has 0 spiro atoms. The molecule has 98 valence electrons. The summed E-state index contributed by atoms with van der Waals surface area (Å²) in [6.07, 6.45) is 5.11. The fraction of sp³-hybridized carbons (Fsp3) is 0.625. The van der Waals surface area contributed by atoms with E-state index in [-0.39, 0.29) is 0 Å². The highest BCUT2D eigenvalue weighted by Gasteiger charge is 2.42. The monoisotopic (exact) mass is 245 g/mol. The molecule has 0 aromatic heterocycles. The van der Waals surface area contributed by atoms with Crippen LogP contribution in [0.1, 0.15) is 42.4 Å². The molecule has 2 atom stereocenters. The van der Waals surface area contributed by atoms with Gasteiger partial charge in [0.2, 0.25) is 0 Å². The Bertz CT molecular complexity index is 422.